The van der Waals surface area contributed by atoms with Gasteiger partial charge in [0.25, 0.3) is 0 Å². The third-order valence-corrected chi connectivity index (χ3v) is 3.69. The summed E-state index contributed by atoms with van der Waals surface area (Å²) in [6.45, 7) is 0. The van der Waals surface area contributed by atoms with Crippen molar-refractivity contribution in [3.8, 4) is 11.5 Å². The molecule has 0 aliphatic rings. The summed E-state index contributed by atoms with van der Waals surface area (Å²) in [6, 6.07) is 7.97. The van der Waals surface area contributed by atoms with Crippen molar-refractivity contribution in [2.24, 2.45) is 0 Å². The monoisotopic (exact) mass is 274 g/mol. The highest BCUT2D eigenvalue weighted by Gasteiger charge is 2.13. The van der Waals surface area contributed by atoms with Gasteiger partial charge in [-0.2, -0.15) is 0 Å². The minimum Gasteiger partial charge on any atom is -0.481 e. The molecular formula is C13H10N2O3S. The molecule has 0 bridgehead atoms. The quantitative estimate of drug-likeness (QED) is 0.791. The lowest BCUT2D eigenvalue weighted by atomic mass is 10.2. The second kappa shape index (κ2) is 4.81. The highest BCUT2D eigenvalue weighted by molar-refractivity contribution is 7.17. The Hall–Kier alpha value is -2.21. The Bertz CT molecular complexity index is 732. The number of hydrogen-bond acceptors (Lipinski definition) is 5. The van der Waals surface area contributed by atoms with Gasteiger partial charge in [0.15, 0.2) is 0 Å². The van der Waals surface area contributed by atoms with Crippen LogP contribution in [-0.2, 0) is 11.2 Å². The molecule has 1 N–H and O–H groups in total. The number of hydrogen-bond donors (Lipinski definition) is 1. The number of aryl methyl sites for hydroxylation is 1. The van der Waals surface area contributed by atoms with E-state index in [1.807, 2.05) is 29.6 Å². The molecule has 0 amide bonds. The fraction of sp³-hybridized carbons (Fsp3) is 0.154. The lowest BCUT2D eigenvalue weighted by Crippen LogP contribution is -1.97. The van der Waals surface area contributed by atoms with Gasteiger partial charge in [-0.1, -0.05) is 18.2 Å². The summed E-state index contributed by atoms with van der Waals surface area (Å²) in [5.41, 5.74) is 0.898. The Morgan fingerprint density at radius 2 is 2.16 bits per heavy atom. The van der Waals surface area contributed by atoms with E-state index in [-0.39, 0.29) is 12.8 Å². The molecule has 0 saturated carbocycles. The molecule has 2 heterocycles. The summed E-state index contributed by atoms with van der Waals surface area (Å²) in [5.74, 6) is -0.0775. The molecule has 0 atom stereocenters. The van der Waals surface area contributed by atoms with Crippen molar-refractivity contribution in [2.75, 3.05) is 0 Å². The van der Waals surface area contributed by atoms with Crippen LogP contribution in [0.1, 0.15) is 12.3 Å². The van der Waals surface area contributed by atoms with Gasteiger partial charge in [0, 0.05) is 21.9 Å². The zero-order valence-corrected chi connectivity index (χ0v) is 10.7. The number of carboxylic acids is 1. The minimum atomic E-state index is -0.874. The van der Waals surface area contributed by atoms with Gasteiger partial charge in [-0.05, 0) is 6.07 Å². The fourth-order valence-electron chi connectivity index (χ4n) is 1.82. The molecule has 3 rings (SSSR count). The summed E-state index contributed by atoms with van der Waals surface area (Å²) in [5, 5.41) is 19.5. The van der Waals surface area contributed by atoms with Crippen LogP contribution in [-0.4, -0.2) is 21.3 Å². The maximum Gasteiger partial charge on any atom is 0.303 e. The lowest BCUT2D eigenvalue weighted by Gasteiger charge is -1.92. The van der Waals surface area contributed by atoms with Crippen LogP contribution in [0.4, 0.5) is 0 Å². The van der Waals surface area contributed by atoms with Gasteiger partial charge in [-0.15, -0.1) is 21.5 Å². The molecule has 1 aromatic carbocycles. The van der Waals surface area contributed by atoms with E-state index in [1.54, 1.807) is 11.3 Å². The van der Waals surface area contributed by atoms with Crippen molar-refractivity contribution in [3.05, 3.63) is 35.5 Å². The average molecular weight is 274 g/mol. The fourth-order valence-corrected chi connectivity index (χ4v) is 2.76. The first kappa shape index (κ1) is 11.9. The van der Waals surface area contributed by atoms with Crippen LogP contribution in [0.2, 0.25) is 0 Å². The van der Waals surface area contributed by atoms with Crippen molar-refractivity contribution in [1.29, 1.82) is 0 Å². The summed E-state index contributed by atoms with van der Waals surface area (Å²) < 4.78 is 6.66. The predicted molar refractivity (Wildman–Crippen MR) is 71.1 cm³/mol. The van der Waals surface area contributed by atoms with Crippen LogP contribution < -0.4 is 0 Å². The van der Waals surface area contributed by atoms with Crippen LogP contribution in [0.15, 0.2) is 34.1 Å². The summed E-state index contributed by atoms with van der Waals surface area (Å²) in [7, 11) is 0. The zero-order valence-electron chi connectivity index (χ0n) is 9.87. The summed E-state index contributed by atoms with van der Waals surface area (Å²) >= 11 is 1.61. The molecule has 5 nitrogen and oxygen atoms in total. The second-order valence-electron chi connectivity index (χ2n) is 4.04. The number of nitrogens with zero attached hydrogens (tertiary/aromatic N) is 2. The van der Waals surface area contributed by atoms with Gasteiger partial charge in [0.1, 0.15) is 0 Å². The molecule has 6 heteroatoms. The topological polar surface area (TPSA) is 76.2 Å². The van der Waals surface area contributed by atoms with E-state index < -0.39 is 5.97 Å². The SMILES string of the molecule is O=C(O)CCc1nnc(-c2csc3ccccc23)o1. The van der Waals surface area contributed by atoms with E-state index in [4.69, 9.17) is 9.52 Å². The number of rotatable bonds is 4. The Morgan fingerprint density at radius 3 is 3.00 bits per heavy atom. The third kappa shape index (κ3) is 2.34. The standard InChI is InChI=1S/C13H10N2O3S/c16-12(17)6-5-11-14-15-13(18-11)9-7-19-10-4-2-1-3-8(9)10/h1-4,7H,5-6H2,(H,16,17). The van der Waals surface area contributed by atoms with Crippen molar-refractivity contribution >= 4 is 27.4 Å². The van der Waals surface area contributed by atoms with Crippen LogP contribution >= 0.6 is 11.3 Å². The smallest absolute Gasteiger partial charge is 0.303 e. The maximum absolute atomic E-state index is 10.5. The van der Waals surface area contributed by atoms with E-state index in [9.17, 15) is 4.79 Å². The Labute approximate surface area is 112 Å². The molecule has 0 spiro atoms. The van der Waals surface area contributed by atoms with Crippen molar-refractivity contribution < 1.29 is 14.3 Å². The molecule has 2 aromatic heterocycles. The van der Waals surface area contributed by atoms with Gasteiger partial charge in [-0.3, -0.25) is 4.79 Å². The molecule has 0 unspecified atom stereocenters. The molecule has 19 heavy (non-hydrogen) atoms. The van der Waals surface area contributed by atoms with E-state index in [0.717, 1.165) is 15.6 Å². The second-order valence-corrected chi connectivity index (χ2v) is 4.95. The molecular weight excluding hydrogens is 264 g/mol. The molecule has 3 aromatic rings. The number of aromatic nitrogens is 2. The molecule has 0 aliphatic carbocycles. The Morgan fingerprint density at radius 1 is 1.32 bits per heavy atom. The largest absolute Gasteiger partial charge is 0.481 e. The van der Waals surface area contributed by atoms with E-state index in [0.29, 0.717) is 11.8 Å². The number of thiophene rings is 1. The van der Waals surface area contributed by atoms with E-state index >= 15 is 0 Å². The number of fused-ring (bicyclic) bond motifs is 1. The van der Waals surface area contributed by atoms with Gasteiger partial charge in [0.05, 0.1) is 12.0 Å². The van der Waals surface area contributed by atoms with Crippen molar-refractivity contribution in [3.63, 3.8) is 0 Å². The number of benzene rings is 1. The third-order valence-electron chi connectivity index (χ3n) is 2.73. The molecule has 0 fully saturated rings. The van der Waals surface area contributed by atoms with Gasteiger partial charge in [0.2, 0.25) is 11.8 Å². The first-order valence-electron chi connectivity index (χ1n) is 5.75. The first-order valence-corrected chi connectivity index (χ1v) is 6.63. The maximum atomic E-state index is 10.5. The van der Waals surface area contributed by atoms with Crippen LogP contribution in [0.5, 0.6) is 0 Å². The van der Waals surface area contributed by atoms with Gasteiger partial charge >= 0.3 is 5.97 Å². The Balaban J connectivity index is 1.92. The summed E-state index contributed by atoms with van der Waals surface area (Å²) in [4.78, 5) is 10.5. The number of carbonyl (C=O) groups is 1. The van der Waals surface area contributed by atoms with Gasteiger partial charge < -0.3 is 9.52 Å². The predicted octanol–water partition coefficient (Wildman–Crippen LogP) is 2.97. The van der Waals surface area contributed by atoms with E-state index in [2.05, 4.69) is 10.2 Å². The van der Waals surface area contributed by atoms with Crippen molar-refractivity contribution in [1.82, 2.24) is 10.2 Å². The van der Waals surface area contributed by atoms with Gasteiger partial charge in [-0.25, -0.2) is 0 Å². The number of aliphatic carboxylic acids is 1. The summed E-state index contributed by atoms with van der Waals surface area (Å²) in [6.07, 6.45) is 0.246. The number of carboxylic acid groups (broad SMARTS) is 1. The molecule has 0 saturated heterocycles. The van der Waals surface area contributed by atoms with Crippen LogP contribution in [0.25, 0.3) is 21.5 Å². The zero-order chi connectivity index (χ0) is 13.2. The van der Waals surface area contributed by atoms with Crippen molar-refractivity contribution in [2.45, 2.75) is 12.8 Å². The first-order chi connectivity index (χ1) is 9.24. The average Bonchev–Trinajstić information content (AvgIpc) is 3.02. The molecule has 96 valence electrons. The molecule has 0 radical (unpaired) electrons. The van der Waals surface area contributed by atoms with E-state index in [1.165, 1.54) is 0 Å². The highest BCUT2D eigenvalue weighted by atomic mass is 32.1. The minimum absolute atomic E-state index is 0.00792. The van der Waals surface area contributed by atoms with Crippen LogP contribution in [0.3, 0.4) is 0 Å². The lowest BCUT2D eigenvalue weighted by molar-refractivity contribution is -0.137. The highest BCUT2D eigenvalue weighted by Crippen LogP contribution is 2.32. The Kier molecular flexibility index (Phi) is 3.00. The normalized spacial score (nSPS) is 10.9. The molecule has 0 aliphatic heterocycles. The van der Waals surface area contributed by atoms with Crippen LogP contribution in [0, 0.1) is 0 Å².